The van der Waals surface area contributed by atoms with E-state index < -0.39 is 0 Å². The molecule has 2 fully saturated rings. The van der Waals surface area contributed by atoms with Crippen LogP contribution in [-0.4, -0.2) is 48.8 Å². The van der Waals surface area contributed by atoms with Crippen molar-refractivity contribution in [3.63, 3.8) is 0 Å². The van der Waals surface area contributed by atoms with Gasteiger partial charge < -0.3 is 9.64 Å². The summed E-state index contributed by atoms with van der Waals surface area (Å²) in [4.78, 5) is 5.25. The monoisotopic (exact) mass is 344 g/mol. The van der Waals surface area contributed by atoms with E-state index in [1.807, 2.05) is 0 Å². The van der Waals surface area contributed by atoms with E-state index in [-0.39, 0.29) is 6.10 Å². The Hall–Kier alpha value is -0.900. The first kappa shape index (κ1) is 18.9. The highest BCUT2D eigenvalue weighted by Gasteiger charge is 2.35. The standard InChI is InChI=1S/C22H36N2O/c1-19(2)12-13-21-22(20-10-5-3-6-11-20)25-18-24(21)17-9-16-23-14-7-4-8-15-23/h3,5-6,10-11,19,21-22H,4,7-9,12-18H2,1-2H3. The Labute approximate surface area is 154 Å². The number of hydrogen-bond acceptors (Lipinski definition) is 3. The second kappa shape index (κ2) is 9.70. The molecule has 2 saturated heterocycles. The minimum absolute atomic E-state index is 0.245. The van der Waals surface area contributed by atoms with Gasteiger partial charge in [-0.1, -0.05) is 50.6 Å². The van der Waals surface area contributed by atoms with Crippen LogP contribution >= 0.6 is 0 Å². The van der Waals surface area contributed by atoms with E-state index in [1.54, 1.807) is 0 Å². The summed E-state index contributed by atoms with van der Waals surface area (Å²) >= 11 is 0. The zero-order valence-corrected chi connectivity index (χ0v) is 16.2. The van der Waals surface area contributed by atoms with Gasteiger partial charge in [0.25, 0.3) is 0 Å². The van der Waals surface area contributed by atoms with Crippen LogP contribution in [0.25, 0.3) is 0 Å². The van der Waals surface area contributed by atoms with Crippen LogP contribution in [0.1, 0.15) is 64.0 Å². The average Bonchev–Trinajstić information content (AvgIpc) is 3.04. The topological polar surface area (TPSA) is 15.7 Å². The van der Waals surface area contributed by atoms with Gasteiger partial charge >= 0.3 is 0 Å². The van der Waals surface area contributed by atoms with Crippen LogP contribution < -0.4 is 0 Å². The fraction of sp³-hybridized carbons (Fsp3) is 0.727. The molecule has 0 aliphatic carbocycles. The number of likely N-dealkylation sites (tertiary alicyclic amines) is 1. The lowest BCUT2D eigenvalue weighted by atomic mass is 9.95. The van der Waals surface area contributed by atoms with Gasteiger partial charge in [-0.2, -0.15) is 0 Å². The van der Waals surface area contributed by atoms with Crippen molar-refractivity contribution >= 4 is 0 Å². The normalized spacial score (nSPS) is 25.7. The Morgan fingerprint density at radius 3 is 2.52 bits per heavy atom. The molecule has 1 aromatic carbocycles. The fourth-order valence-corrected chi connectivity index (χ4v) is 4.28. The predicted molar refractivity (Wildman–Crippen MR) is 105 cm³/mol. The summed E-state index contributed by atoms with van der Waals surface area (Å²) in [6.45, 7) is 10.5. The van der Waals surface area contributed by atoms with Crippen LogP contribution in [-0.2, 0) is 4.74 Å². The smallest absolute Gasteiger partial charge is 0.100 e. The minimum atomic E-state index is 0.245. The largest absolute Gasteiger partial charge is 0.357 e. The maximum atomic E-state index is 6.25. The first-order valence-electron chi connectivity index (χ1n) is 10.4. The zero-order chi connectivity index (χ0) is 17.5. The Morgan fingerprint density at radius 1 is 1.04 bits per heavy atom. The molecule has 0 radical (unpaired) electrons. The number of benzene rings is 1. The van der Waals surface area contributed by atoms with Crippen LogP contribution in [0.15, 0.2) is 30.3 Å². The summed E-state index contributed by atoms with van der Waals surface area (Å²) in [7, 11) is 0. The summed E-state index contributed by atoms with van der Waals surface area (Å²) in [6, 6.07) is 11.4. The van der Waals surface area contributed by atoms with Gasteiger partial charge in [0.2, 0.25) is 0 Å². The number of nitrogens with zero attached hydrogens (tertiary/aromatic N) is 2. The summed E-state index contributed by atoms with van der Waals surface area (Å²) in [5.41, 5.74) is 1.34. The molecule has 0 aromatic heterocycles. The van der Waals surface area contributed by atoms with Gasteiger partial charge in [-0.05, 0) is 63.2 Å². The Bertz CT molecular complexity index is 484. The van der Waals surface area contributed by atoms with Gasteiger partial charge in [0, 0.05) is 12.6 Å². The first-order chi connectivity index (χ1) is 12.2. The summed E-state index contributed by atoms with van der Waals surface area (Å²) in [6.07, 6.45) is 8.23. The van der Waals surface area contributed by atoms with E-state index in [4.69, 9.17) is 4.74 Å². The molecule has 0 amide bonds. The molecule has 3 rings (SSSR count). The van der Waals surface area contributed by atoms with Gasteiger partial charge in [-0.15, -0.1) is 0 Å². The van der Waals surface area contributed by atoms with Crippen LogP contribution in [0.5, 0.6) is 0 Å². The molecule has 1 aromatic rings. The molecular formula is C22H36N2O. The zero-order valence-electron chi connectivity index (χ0n) is 16.2. The van der Waals surface area contributed by atoms with Crippen LogP contribution in [0.3, 0.4) is 0 Å². The second-order valence-electron chi connectivity index (χ2n) is 8.23. The molecular weight excluding hydrogens is 308 g/mol. The third-order valence-electron chi connectivity index (χ3n) is 5.77. The van der Waals surface area contributed by atoms with Crippen molar-refractivity contribution < 1.29 is 4.74 Å². The molecule has 3 nitrogen and oxygen atoms in total. The average molecular weight is 345 g/mol. The summed E-state index contributed by atoms with van der Waals surface area (Å²) < 4.78 is 6.25. The van der Waals surface area contributed by atoms with Crippen molar-refractivity contribution in [2.45, 2.75) is 64.5 Å². The quantitative estimate of drug-likeness (QED) is 0.680. The molecule has 0 saturated carbocycles. The van der Waals surface area contributed by atoms with E-state index in [0.29, 0.717) is 6.04 Å². The highest BCUT2D eigenvalue weighted by atomic mass is 16.5. The molecule has 2 aliphatic heterocycles. The molecule has 2 atom stereocenters. The number of ether oxygens (including phenoxy) is 1. The molecule has 25 heavy (non-hydrogen) atoms. The summed E-state index contributed by atoms with van der Waals surface area (Å²) in [5, 5.41) is 0. The van der Waals surface area contributed by atoms with Gasteiger partial charge in [0.05, 0.1) is 6.10 Å². The van der Waals surface area contributed by atoms with E-state index in [0.717, 1.165) is 12.6 Å². The van der Waals surface area contributed by atoms with Gasteiger partial charge in [0.15, 0.2) is 0 Å². The van der Waals surface area contributed by atoms with Crippen molar-refractivity contribution in [3.05, 3.63) is 35.9 Å². The van der Waals surface area contributed by atoms with Crippen LogP contribution in [0.2, 0.25) is 0 Å². The number of rotatable bonds is 8. The highest BCUT2D eigenvalue weighted by molar-refractivity contribution is 5.20. The number of hydrogen-bond donors (Lipinski definition) is 0. The van der Waals surface area contributed by atoms with Crippen molar-refractivity contribution in [1.29, 1.82) is 0 Å². The Kier molecular flexibility index (Phi) is 7.33. The SMILES string of the molecule is CC(C)CCC1C(c2ccccc2)OCN1CCCN1CCCCC1. The van der Waals surface area contributed by atoms with E-state index in [1.165, 1.54) is 70.3 Å². The molecule has 140 valence electrons. The first-order valence-corrected chi connectivity index (χ1v) is 10.4. The molecule has 2 aliphatic rings. The molecule has 2 unspecified atom stereocenters. The van der Waals surface area contributed by atoms with Gasteiger partial charge in [0.1, 0.15) is 6.73 Å². The van der Waals surface area contributed by atoms with Crippen molar-refractivity contribution in [3.8, 4) is 0 Å². The number of piperidine rings is 1. The Balaban J connectivity index is 1.55. The van der Waals surface area contributed by atoms with Crippen molar-refractivity contribution in [2.24, 2.45) is 5.92 Å². The lowest BCUT2D eigenvalue weighted by Gasteiger charge is -2.29. The van der Waals surface area contributed by atoms with Gasteiger partial charge in [-0.3, -0.25) is 4.90 Å². The van der Waals surface area contributed by atoms with E-state index >= 15 is 0 Å². The lowest BCUT2D eigenvalue weighted by molar-refractivity contribution is 0.0871. The fourth-order valence-electron chi connectivity index (χ4n) is 4.28. The van der Waals surface area contributed by atoms with Crippen LogP contribution in [0.4, 0.5) is 0 Å². The third-order valence-corrected chi connectivity index (χ3v) is 5.77. The van der Waals surface area contributed by atoms with Crippen LogP contribution in [0, 0.1) is 5.92 Å². The third kappa shape index (κ3) is 5.54. The lowest BCUT2D eigenvalue weighted by Crippen LogP contribution is -2.36. The molecule has 0 bridgehead atoms. The van der Waals surface area contributed by atoms with E-state index in [2.05, 4.69) is 54.0 Å². The highest BCUT2D eigenvalue weighted by Crippen LogP contribution is 2.34. The second-order valence-corrected chi connectivity index (χ2v) is 8.23. The van der Waals surface area contributed by atoms with Crippen molar-refractivity contribution in [1.82, 2.24) is 9.80 Å². The maximum absolute atomic E-state index is 6.25. The molecule has 3 heteroatoms. The maximum Gasteiger partial charge on any atom is 0.100 e. The minimum Gasteiger partial charge on any atom is -0.357 e. The molecule has 2 heterocycles. The summed E-state index contributed by atoms with van der Waals surface area (Å²) in [5.74, 6) is 0.757. The predicted octanol–water partition coefficient (Wildman–Crippen LogP) is 4.70. The van der Waals surface area contributed by atoms with Gasteiger partial charge in [-0.25, -0.2) is 0 Å². The molecule has 0 N–H and O–H groups in total. The van der Waals surface area contributed by atoms with Crippen molar-refractivity contribution in [2.75, 3.05) is 32.9 Å². The van der Waals surface area contributed by atoms with E-state index in [9.17, 15) is 0 Å². The Morgan fingerprint density at radius 2 is 1.80 bits per heavy atom. The molecule has 0 spiro atoms.